The van der Waals surface area contributed by atoms with E-state index in [0.29, 0.717) is 19.5 Å². The monoisotopic (exact) mass is 389 g/mol. The van der Waals surface area contributed by atoms with Crippen molar-refractivity contribution in [1.29, 1.82) is 0 Å². The minimum Gasteiger partial charge on any atom is -0.469 e. The van der Waals surface area contributed by atoms with Gasteiger partial charge in [0, 0.05) is 13.1 Å². The van der Waals surface area contributed by atoms with E-state index in [4.69, 9.17) is 4.74 Å². The van der Waals surface area contributed by atoms with E-state index >= 15 is 0 Å². The van der Waals surface area contributed by atoms with E-state index in [0.717, 1.165) is 24.0 Å². The molecule has 0 aromatic heterocycles. The summed E-state index contributed by atoms with van der Waals surface area (Å²) in [6.07, 6.45) is 9.82. The highest BCUT2D eigenvalue weighted by Crippen LogP contribution is 2.36. The van der Waals surface area contributed by atoms with Gasteiger partial charge in [-0.1, -0.05) is 48.6 Å². The van der Waals surface area contributed by atoms with Crippen molar-refractivity contribution >= 4 is 16.0 Å². The second kappa shape index (κ2) is 7.98. The Morgan fingerprint density at radius 1 is 1.30 bits per heavy atom. The van der Waals surface area contributed by atoms with Crippen LogP contribution in [0.15, 0.2) is 48.6 Å². The first kappa shape index (κ1) is 19.8. The van der Waals surface area contributed by atoms with Crippen LogP contribution in [0.3, 0.4) is 0 Å². The number of carbonyl (C=O) groups excluding carboxylic acids is 1. The Morgan fingerprint density at radius 2 is 2.07 bits per heavy atom. The van der Waals surface area contributed by atoms with Gasteiger partial charge < -0.3 is 4.74 Å². The fraction of sp³-hybridized carbons (Fsp3) is 0.476. The van der Waals surface area contributed by atoms with Gasteiger partial charge in [0.2, 0.25) is 10.0 Å². The Labute approximate surface area is 161 Å². The molecule has 27 heavy (non-hydrogen) atoms. The first-order chi connectivity index (χ1) is 12.9. The van der Waals surface area contributed by atoms with Gasteiger partial charge in [0.25, 0.3) is 0 Å². The smallest absolute Gasteiger partial charge is 0.309 e. The van der Waals surface area contributed by atoms with Crippen LogP contribution in [0.1, 0.15) is 43.2 Å². The fourth-order valence-electron chi connectivity index (χ4n) is 3.93. The van der Waals surface area contributed by atoms with Gasteiger partial charge in [-0.3, -0.25) is 4.79 Å². The number of benzene rings is 1. The number of allylic oxidation sites excluding steroid dienone is 3. The molecule has 1 aromatic rings. The highest BCUT2D eigenvalue weighted by molar-refractivity contribution is 7.90. The predicted octanol–water partition coefficient (Wildman–Crippen LogP) is 3.19. The second-order valence-electron chi connectivity index (χ2n) is 7.46. The molecule has 2 aliphatic rings. The average Bonchev–Trinajstić information content (AvgIpc) is 2.69. The van der Waals surface area contributed by atoms with Crippen LogP contribution >= 0.6 is 0 Å². The number of ether oxygens (including phenoxy) is 1. The summed E-state index contributed by atoms with van der Waals surface area (Å²) in [4.78, 5) is 11.7. The van der Waals surface area contributed by atoms with Crippen molar-refractivity contribution in [2.45, 2.75) is 43.3 Å². The molecule has 3 rings (SSSR count). The SMILES string of the molecule is COC(=O)Cc1ccccc1C1CCCN(S(=O)(=O)C2(C)C=CC=CC2)C1. The Kier molecular flexibility index (Phi) is 5.86. The molecule has 0 bridgehead atoms. The lowest BCUT2D eigenvalue weighted by Crippen LogP contribution is -2.49. The van der Waals surface area contributed by atoms with Gasteiger partial charge in [0.15, 0.2) is 0 Å². The molecule has 1 aromatic carbocycles. The molecule has 2 unspecified atom stereocenters. The molecule has 6 heteroatoms. The number of hydrogen-bond donors (Lipinski definition) is 0. The lowest BCUT2D eigenvalue weighted by Gasteiger charge is -2.38. The highest BCUT2D eigenvalue weighted by atomic mass is 32.2. The number of carbonyl (C=O) groups is 1. The third-order valence-corrected chi connectivity index (χ3v) is 8.08. The average molecular weight is 390 g/mol. The summed E-state index contributed by atoms with van der Waals surface area (Å²) in [6, 6.07) is 7.78. The number of nitrogens with zero attached hydrogens (tertiary/aromatic N) is 1. The molecule has 2 atom stereocenters. The zero-order valence-corrected chi connectivity index (χ0v) is 16.7. The first-order valence-electron chi connectivity index (χ1n) is 9.36. The van der Waals surface area contributed by atoms with Crippen LogP contribution in [0.2, 0.25) is 0 Å². The van der Waals surface area contributed by atoms with E-state index in [2.05, 4.69) is 0 Å². The topological polar surface area (TPSA) is 63.7 Å². The molecule has 0 spiro atoms. The first-order valence-corrected chi connectivity index (χ1v) is 10.8. The van der Waals surface area contributed by atoms with Crippen molar-refractivity contribution in [3.8, 4) is 0 Å². The van der Waals surface area contributed by atoms with E-state index in [-0.39, 0.29) is 18.3 Å². The van der Waals surface area contributed by atoms with Gasteiger partial charge in [0.05, 0.1) is 13.5 Å². The Hall–Kier alpha value is -1.92. The van der Waals surface area contributed by atoms with Crippen molar-refractivity contribution in [3.05, 3.63) is 59.7 Å². The second-order valence-corrected chi connectivity index (χ2v) is 9.86. The van der Waals surface area contributed by atoms with Gasteiger partial charge in [0.1, 0.15) is 4.75 Å². The van der Waals surface area contributed by atoms with Crippen molar-refractivity contribution in [2.24, 2.45) is 0 Å². The number of hydrogen-bond acceptors (Lipinski definition) is 4. The van der Waals surface area contributed by atoms with Crippen molar-refractivity contribution in [3.63, 3.8) is 0 Å². The minimum atomic E-state index is -3.46. The van der Waals surface area contributed by atoms with Crippen LogP contribution in [-0.2, 0) is 26.0 Å². The largest absolute Gasteiger partial charge is 0.469 e. The Balaban J connectivity index is 1.84. The summed E-state index contributed by atoms with van der Waals surface area (Å²) >= 11 is 0. The van der Waals surface area contributed by atoms with Gasteiger partial charge in [-0.05, 0) is 43.2 Å². The summed E-state index contributed by atoms with van der Waals surface area (Å²) in [5, 5.41) is 0. The van der Waals surface area contributed by atoms with Gasteiger partial charge in [-0.2, -0.15) is 0 Å². The highest BCUT2D eigenvalue weighted by Gasteiger charge is 2.42. The number of esters is 1. The fourth-order valence-corrected chi connectivity index (χ4v) is 5.82. The normalized spacial score (nSPS) is 26.1. The maximum atomic E-state index is 13.3. The van der Waals surface area contributed by atoms with Crippen molar-refractivity contribution in [1.82, 2.24) is 4.31 Å². The van der Waals surface area contributed by atoms with E-state index in [1.807, 2.05) is 42.5 Å². The Bertz CT molecular complexity index is 859. The third-order valence-electron chi connectivity index (χ3n) is 5.59. The van der Waals surface area contributed by atoms with Crippen LogP contribution in [0.25, 0.3) is 0 Å². The maximum absolute atomic E-state index is 13.3. The summed E-state index contributed by atoms with van der Waals surface area (Å²) in [5.74, 6) is -0.199. The summed E-state index contributed by atoms with van der Waals surface area (Å²) in [6.45, 7) is 2.79. The van der Waals surface area contributed by atoms with Crippen LogP contribution in [0.5, 0.6) is 0 Å². The van der Waals surface area contributed by atoms with E-state index < -0.39 is 14.8 Å². The van der Waals surface area contributed by atoms with E-state index in [9.17, 15) is 13.2 Å². The molecular weight excluding hydrogens is 362 g/mol. The van der Waals surface area contributed by atoms with Gasteiger partial charge >= 0.3 is 5.97 Å². The lowest BCUT2D eigenvalue weighted by molar-refractivity contribution is -0.139. The zero-order chi connectivity index (χ0) is 19.5. The van der Waals surface area contributed by atoms with E-state index in [1.165, 1.54) is 7.11 Å². The molecule has 146 valence electrons. The van der Waals surface area contributed by atoms with Gasteiger partial charge in [-0.25, -0.2) is 12.7 Å². The lowest BCUT2D eigenvalue weighted by atomic mass is 9.87. The van der Waals surface area contributed by atoms with Crippen LogP contribution in [0.4, 0.5) is 0 Å². The summed E-state index contributed by atoms with van der Waals surface area (Å²) in [5.41, 5.74) is 1.97. The molecule has 1 aliphatic heterocycles. The predicted molar refractivity (Wildman–Crippen MR) is 106 cm³/mol. The molecule has 1 heterocycles. The molecule has 0 saturated carbocycles. The molecule has 0 N–H and O–H groups in total. The van der Waals surface area contributed by atoms with E-state index in [1.54, 1.807) is 17.3 Å². The molecule has 1 aliphatic carbocycles. The van der Waals surface area contributed by atoms with Crippen molar-refractivity contribution in [2.75, 3.05) is 20.2 Å². The standard InChI is InChI=1S/C21H27NO4S/c1-21(12-6-3-7-13-21)27(24,25)22-14-8-10-18(16-22)19-11-5-4-9-17(19)15-20(23)26-2/h3-7,9,11-12,18H,8,10,13-16H2,1-2H3. The summed E-state index contributed by atoms with van der Waals surface area (Å²) < 4.78 is 32.2. The summed E-state index contributed by atoms with van der Waals surface area (Å²) in [7, 11) is -2.08. The molecular formula is C21H27NO4S. The van der Waals surface area contributed by atoms with Crippen LogP contribution in [-0.4, -0.2) is 43.6 Å². The Morgan fingerprint density at radius 3 is 2.78 bits per heavy atom. The number of sulfonamides is 1. The van der Waals surface area contributed by atoms with Crippen molar-refractivity contribution < 1.29 is 17.9 Å². The molecule has 1 fully saturated rings. The molecule has 0 amide bonds. The third kappa shape index (κ3) is 4.01. The molecule has 1 saturated heterocycles. The van der Waals surface area contributed by atoms with Gasteiger partial charge in [-0.15, -0.1) is 0 Å². The quantitative estimate of drug-likeness (QED) is 0.726. The number of methoxy groups -OCH3 is 1. The number of piperidine rings is 1. The van der Waals surface area contributed by atoms with Crippen LogP contribution in [0, 0.1) is 0 Å². The number of rotatable bonds is 5. The minimum absolute atomic E-state index is 0.0843. The zero-order valence-electron chi connectivity index (χ0n) is 15.9. The molecule has 0 radical (unpaired) electrons. The molecule has 5 nitrogen and oxygen atoms in total. The van der Waals surface area contributed by atoms with Crippen LogP contribution < -0.4 is 0 Å². The maximum Gasteiger partial charge on any atom is 0.309 e.